The first kappa shape index (κ1) is 16.8. The number of aryl methyl sites for hydroxylation is 2. The fourth-order valence-corrected chi connectivity index (χ4v) is 2.18. The Balaban J connectivity index is 2.03. The fraction of sp³-hybridized carbons (Fsp3) is 0.188. The van der Waals surface area contributed by atoms with E-state index >= 15 is 0 Å². The molecular weight excluding hydrogens is 318 g/mol. The highest BCUT2D eigenvalue weighted by Crippen LogP contribution is 2.22. The zero-order valence-corrected chi connectivity index (χ0v) is 13.5. The molecule has 0 saturated heterocycles. The van der Waals surface area contributed by atoms with Crippen molar-refractivity contribution in [3.8, 4) is 0 Å². The van der Waals surface area contributed by atoms with E-state index in [0.717, 1.165) is 11.1 Å². The summed E-state index contributed by atoms with van der Waals surface area (Å²) in [4.78, 5) is 22.4. The Bertz CT molecular complexity index is 762. The van der Waals surface area contributed by atoms with Gasteiger partial charge in [-0.1, -0.05) is 23.7 Å². The van der Waals surface area contributed by atoms with Crippen molar-refractivity contribution in [1.29, 1.82) is 0 Å². The van der Waals surface area contributed by atoms with Crippen LogP contribution in [0.1, 0.15) is 11.1 Å². The van der Waals surface area contributed by atoms with E-state index in [9.17, 15) is 14.9 Å². The van der Waals surface area contributed by atoms with Gasteiger partial charge in [-0.3, -0.25) is 14.9 Å². The number of amides is 1. The molecule has 0 spiro atoms. The molecule has 0 atom stereocenters. The van der Waals surface area contributed by atoms with Gasteiger partial charge >= 0.3 is 0 Å². The zero-order valence-electron chi connectivity index (χ0n) is 12.7. The lowest BCUT2D eigenvalue weighted by Crippen LogP contribution is -2.22. The largest absolute Gasteiger partial charge is 0.376 e. The first-order valence-corrected chi connectivity index (χ1v) is 7.29. The van der Waals surface area contributed by atoms with E-state index < -0.39 is 4.92 Å². The first-order valence-electron chi connectivity index (χ1n) is 6.92. The fourth-order valence-electron chi connectivity index (χ4n) is 2.01. The zero-order chi connectivity index (χ0) is 17.0. The summed E-state index contributed by atoms with van der Waals surface area (Å²) in [6.45, 7) is 3.67. The first-order chi connectivity index (χ1) is 10.9. The lowest BCUT2D eigenvalue weighted by atomic mass is 10.2. The van der Waals surface area contributed by atoms with Gasteiger partial charge in [-0.25, -0.2) is 0 Å². The number of carbonyl (C=O) groups excluding carboxylic acids is 1. The van der Waals surface area contributed by atoms with Crippen LogP contribution in [0.4, 0.5) is 17.1 Å². The monoisotopic (exact) mass is 333 g/mol. The molecule has 120 valence electrons. The number of hydrogen-bond donors (Lipinski definition) is 2. The molecule has 7 heteroatoms. The van der Waals surface area contributed by atoms with Crippen LogP contribution >= 0.6 is 11.6 Å². The van der Waals surface area contributed by atoms with Gasteiger partial charge in [-0.15, -0.1) is 0 Å². The molecule has 1 amide bonds. The third kappa shape index (κ3) is 4.43. The van der Waals surface area contributed by atoms with Crippen molar-refractivity contribution in [3.63, 3.8) is 0 Å². The van der Waals surface area contributed by atoms with E-state index in [0.29, 0.717) is 16.4 Å². The van der Waals surface area contributed by atoms with Gasteiger partial charge in [0.05, 0.1) is 11.5 Å². The number of nitro groups is 1. The Morgan fingerprint density at radius 1 is 1.13 bits per heavy atom. The molecule has 0 unspecified atom stereocenters. The van der Waals surface area contributed by atoms with E-state index in [2.05, 4.69) is 10.6 Å². The number of rotatable bonds is 5. The lowest BCUT2D eigenvalue weighted by Gasteiger charge is -2.11. The van der Waals surface area contributed by atoms with Crippen molar-refractivity contribution in [3.05, 3.63) is 62.7 Å². The molecule has 0 bridgehead atoms. The Hall–Kier alpha value is -2.60. The third-order valence-electron chi connectivity index (χ3n) is 3.35. The average Bonchev–Trinajstić information content (AvgIpc) is 2.50. The van der Waals surface area contributed by atoms with E-state index in [1.54, 1.807) is 18.2 Å². The molecule has 2 N–H and O–H groups in total. The van der Waals surface area contributed by atoms with Crippen LogP contribution in [-0.2, 0) is 4.79 Å². The van der Waals surface area contributed by atoms with Gasteiger partial charge in [0.25, 0.3) is 5.69 Å². The van der Waals surface area contributed by atoms with Crippen molar-refractivity contribution in [2.24, 2.45) is 0 Å². The highest BCUT2D eigenvalue weighted by Gasteiger charge is 2.10. The molecule has 0 aliphatic rings. The summed E-state index contributed by atoms with van der Waals surface area (Å²) < 4.78 is 0. The number of hydrogen-bond acceptors (Lipinski definition) is 4. The molecule has 0 radical (unpaired) electrons. The molecule has 2 aromatic carbocycles. The minimum Gasteiger partial charge on any atom is -0.376 e. The van der Waals surface area contributed by atoms with Gasteiger partial charge in [0.15, 0.2) is 0 Å². The van der Waals surface area contributed by atoms with E-state index in [-0.39, 0.29) is 18.1 Å². The number of non-ortho nitro benzene ring substituents is 1. The van der Waals surface area contributed by atoms with E-state index in [1.807, 2.05) is 19.9 Å². The van der Waals surface area contributed by atoms with Crippen molar-refractivity contribution in [1.82, 2.24) is 0 Å². The highest BCUT2D eigenvalue weighted by molar-refractivity contribution is 6.31. The number of nitro benzene ring substituents is 1. The number of halogens is 1. The van der Waals surface area contributed by atoms with Gasteiger partial charge in [-0.05, 0) is 37.1 Å². The predicted octanol–water partition coefficient (Wildman–Crippen LogP) is 3.92. The van der Waals surface area contributed by atoms with E-state index in [1.165, 1.54) is 12.1 Å². The highest BCUT2D eigenvalue weighted by atomic mass is 35.5. The van der Waals surface area contributed by atoms with Crippen molar-refractivity contribution in [2.45, 2.75) is 13.8 Å². The number of nitrogens with one attached hydrogen (secondary N) is 2. The quantitative estimate of drug-likeness (QED) is 0.641. The van der Waals surface area contributed by atoms with Crippen LogP contribution in [0.25, 0.3) is 0 Å². The van der Waals surface area contributed by atoms with Gasteiger partial charge in [-0.2, -0.15) is 0 Å². The smallest absolute Gasteiger partial charge is 0.271 e. The molecule has 0 aromatic heterocycles. The minimum atomic E-state index is -0.472. The van der Waals surface area contributed by atoms with Crippen LogP contribution in [0.15, 0.2) is 36.4 Å². The molecular formula is C16H16ClN3O3. The standard InChI is InChI=1S/C16H16ClN3O3/c1-10-4-6-13(20(22)23)8-14(10)18-9-16(21)19-15-7-12(17)5-3-11(15)2/h3-8,18H,9H2,1-2H3,(H,19,21). The second-order valence-electron chi connectivity index (χ2n) is 5.12. The second kappa shape index (κ2) is 7.11. The minimum absolute atomic E-state index is 0.00599. The maximum Gasteiger partial charge on any atom is 0.271 e. The van der Waals surface area contributed by atoms with Gasteiger partial charge in [0, 0.05) is 28.5 Å². The van der Waals surface area contributed by atoms with Crippen LogP contribution < -0.4 is 10.6 Å². The second-order valence-corrected chi connectivity index (χ2v) is 5.55. The Morgan fingerprint density at radius 3 is 2.48 bits per heavy atom. The number of carbonyl (C=O) groups is 1. The van der Waals surface area contributed by atoms with Crippen molar-refractivity contribution in [2.75, 3.05) is 17.2 Å². The molecule has 0 fully saturated rings. The summed E-state index contributed by atoms with van der Waals surface area (Å²) in [5.74, 6) is -0.263. The molecule has 0 heterocycles. The lowest BCUT2D eigenvalue weighted by molar-refractivity contribution is -0.384. The summed E-state index contributed by atoms with van der Waals surface area (Å²) in [5.41, 5.74) is 2.89. The Kier molecular flexibility index (Phi) is 5.18. The maximum atomic E-state index is 12.0. The van der Waals surface area contributed by atoms with Crippen LogP contribution in [-0.4, -0.2) is 17.4 Å². The van der Waals surface area contributed by atoms with Crippen LogP contribution in [0.3, 0.4) is 0 Å². The summed E-state index contributed by atoms with van der Waals surface area (Å²) >= 11 is 5.91. The predicted molar refractivity (Wildman–Crippen MR) is 91.1 cm³/mol. The number of benzene rings is 2. The van der Waals surface area contributed by atoms with Crippen molar-refractivity contribution < 1.29 is 9.72 Å². The molecule has 0 aliphatic heterocycles. The van der Waals surface area contributed by atoms with Gasteiger partial charge < -0.3 is 10.6 Å². The molecule has 2 aromatic rings. The number of nitrogens with zero attached hydrogens (tertiary/aromatic N) is 1. The Morgan fingerprint density at radius 2 is 1.78 bits per heavy atom. The topological polar surface area (TPSA) is 84.3 Å². The van der Waals surface area contributed by atoms with Gasteiger partial charge in [0.2, 0.25) is 5.91 Å². The van der Waals surface area contributed by atoms with Crippen LogP contribution in [0.5, 0.6) is 0 Å². The molecule has 0 aliphatic carbocycles. The van der Waals surface area contributed by atoms with Crippen molar-refractivity contribution >= 4 is 34.6 Å². The molecule has 2 rings (SSSR count). The summed E-state index contributed by atoms with van der Waals surface area (Å²) in [5, 5.41) is 17.0. The summed E-state index contributed by atoms with van der Waals surface area (Å²) in [6, 6.07) is 9.71. The molecule has 0 saturated carbocycles. The average molecular weight is 334 g/mol. The Labute approximate surface area is 138 Å². The summed E-state index contributed by atoms with van der Waals surface area (Å²) in [6.07, 6.45) is 0. The normalized spacial score (nSPS) is 10.2. The maximum absolute atomic E-state index is 12.0. The van der Waals surface area contributed by atoms with E-state index in [4.69, 9.17) is 11.6 Å². The molecule has 6 nitrogen and oxygen atoms in total. The van der Waals surface area contributed by atoms with Crippen LogP contribution in [0, 0.1) is 24.0 Å². The number of anilines is 2. The van der Waals surface area contributed by atoms with Gasteiger partial charge in [0.1, 0.15) is 0 Å². The van der Waals surface area contributed by atoms with Crippen LogP contribution in [0.2, 0.25) is 5.02 Å². The molecule has 23 heavy (non-hydrogen) atoms. The summed E-state index contributed by atoms with van der Waals surface area (Å²) in [7, 11) is 0. The third-order valence-corrected chi connectivity index (χ3v) is 3.58. The SMILES string of the molecule is Cc1ccc([N+](=O)[O-])cc1NCC(=O)Nc1cc(Cl)ccc1C.